The SMILES string of the molecule is CNc1cc(N2CC3(C2)C(=O)N(c2ccc(C#N)cc2F)CC(=O)N3Cc2ccc(C(C)(F)F)cc2)ccc1C(=O)OC. The monoisotopic (exact) mass is 591 g/mol. The maximum Gasteiger partial charge on any atom is 0.339 e. The zero-order chi connectivity index (χ0) is 31.1. The van der Waals surface area contributed by atoms with Crippen LogP contribution in [0.15, 0.2) is 60.7 Å². The number of nitrogens with zero attached hydrogens (tertiary/aromatic N) is 4. The largest absolute Gasteiger partial charge is 0.465 e. The van der Waals surface area contributed by atoms with Crippen LogP contribution in [0.25, 0.3) is 0 Å². The molecule has 0 aromatic heterocycles. The standard InChI is InChI=1S/C31H28F3N5O4/c1-30(33,34)21-7-4-19(5-8-21)15-39-27(40)16-38(26-11-6-20(14-35)12-24(26)32)29(42)31(39)17-37(18-31)22-9-10-23(28(41)43-3)25(13-22)36-2/h4-13,36H,15-18H2,1-3H3. The van der Waals surface area contributed by atoms with Crippen molar-refractivity contribution in [3.8, 4) is 6.07 Å². The van der Waals surface area contributed by atoms with Gasteiger partial charge in [-0.3, -0.25) is 14.5 Å². The molecule has 0 unspecified atom stereocenters. The van der Waals surface area contributed by atoms with Gasteiger partial charge in [0.25, 0.3) is 11.8 Å². The van der Waals surface area contributed by atoms with Crippen molar-refractivity contribution in [3.05, 3.63) is 88.7 Å². The summed E-state index contributed by atoms with van der Waals surface area (Å²) in [6, 6.07) is 16.1. The molecule has 1 N–H and O–H groups in total. The summed E-state index contributed by atoms with van der Waals surface area (Å²) >= 11 is 0. The van der Waals surface area contributed by atoms with Crippen molar-refractivity contribution in [2.24, 2.45) is 0 Å². The van der Waals surface area contributed by atoms with E-state index in [0.29, 0.717) is 22.5 Å². The molecule has 43 heavy (non-hydrogen) atoms. The van der Waals surface area contributed by atoms with E-state index in [4.69, 9.17) is 10.00 Å². The summed E-state index contributed by atoms with van der Waals surface area (Å²) in [5.74, 6) is -5.34. The number of hydrogen-bond donors (Lipinski definition) is 1. The number of piperazine rings is 1. The number of halogens is 3. The molecule has 5 rings (SSSR count). The van der Waals surface area contributed by atoms with Crippen LogP contribution in [0.1, 0.15) is 34.0 Å². The molecule has 3 aromatic carbocycles. The number of anilines is 3. The molecular formula is C31H28F3N5O4. The molecule has 3 aromatic rings. The van der Waals surface area contributed by atoms with Gasteiger partial charge in [-0.25, -0.2) is 18.0 Å². The van der Waals surface area contributed by atoms with Crippen LogP contribution in [0.5, 0.6) is 0 Å². The average molecular weight is 592 g/mol. The number of esters is 1. The Kier molecular flexibility index (Phi) is 7.52. The van der Waals surface area contributed by atoms with Crippen LogP contribution in [-0.2, 0) is 26.8 Å². The first-order valence-corrected chi connectivity index (χ1v) is 13.4. The van der Waals surface area contributed by atoms with E-state index in [-0.39, 0.29) is 36.4 Å². The third-order valence-corrected chi connectivity index (χ3v) is 7.87. The molecule has 222 valence electrons. The summed E-state index contributed by atoms with van der Waals surface area (Å²) in [7, 11) is 2.93. The maximum absolute atomic E-state index is 15.0. The van der Waals surface area contributed by atoms with Crippen LogP contribution in [0, 0.1) is 17.1 Å². The number of methoxy groups -OCH3 is 1. The van der Waals surface area contributed by atoms with E-state index in [0.717, 1.165) is 17.9 Å². The van der Waals surface area contributed by atoms with E-state index in [1.165, 1.54) is 48.4 Å². The van der Waals surface area contributed by atoms with E-state index in [1.54, 1.807) is 25.2 Å². The van der Waals surface area contributed by atoms with Gasteiger partial charge in [-0.15, -0.1) is 0 Å². The highest BCUT2D eigenvalue weighted by Crippen LogP contribution is 2.40. The van der Waals surface area contributed by atoms with Crippen molar-refractivity contribution in [1.82, 2.24) is 4.90 Å². The first-order chi connectivity index (χ1) is 20.4. The van der Waals surface area contributed by atoms with E-state index in [9.17, 15) is 23.2 Å². The Morgan fingerprint density at radius 3 is 2.37 bits per heavy atom. The fourth-order valence-electron chi connectivity index (χ4n) is 5.51. The first kappa shape index (κ1) is 29.4. The normalized spacial score (nSPS) is 16.2. The number of amides is 2. The second-order valence-corrected chi connectivity index (χ2v) is 10.6. The molecule has 0 atom stereocenters. The van der Waals surface area contributed by atoms with E-state index < -0.39 is 41.6 Å². The minimum atomic E-state index is -3.04. The van der Waals surface area contributed by atoms with Crippen molar-refractivity contribution in [2.45, 2.75) is 24.9 Å². The molecule has 0 bridgehead atoms. The quantitative estimate of drug-likeness (QED) is 0.409. The van der Waals surface area contributed by atoms with Crippen molar-refractivity contribution >= 4 is 34.8 Å². The summed E-state index contributed by atoms with van der Waals surface area (Å²) < 4.78 is 47.4. The van der Waals surface area contributed by atoms with Crippen molar-refractivity contribution < 1.29 is 32.3 Å². The molecule has 2 amide bonds. The Morgan fingerprint density at radius 2 is 1.79 bits per heavy atom. The van der Waals surface area contributed by atoms with Gasteiger partial charge in [-0.2, -0.15) is 5.26 Å². The van der Waals surface area contributed by atoms with Crippen LogP contribution in [-0.4, -0.2) is 62.0 Å². The molecule has 1 spiro atoms. The molecule has 0 radical (unpaired) electrons. The van der Waals surface area contributed by atoms with E-state index in [1.807, 2.05) is 11.0 Å². The van der Waals surface area contributed by atoms with Gasteiger partial charge in [0, 0.05) is 31.8 Å². The molecule has 12 heteroatoms. The lowest BCUT2D eigenvalue weighted by atomic mass is 9.82. The lowest BCUT2D eigenvalue weighted by Crippen LogP contribution is -2.81. The Hall–Kier alpha value is -5.05. The Labute approximate surface area is 246 Å². The third-order valence-electron chi connectivity index (χ3n) is 7.87. The molecule has 2 saturated heterocycles. The fourth-order valence-corrected chi connectivity index (χ4v) is 5.51. The summed E-state index contributed by atoms with van der Waals surface area (Å²) in [4.78, 5) is 44.3. The molecule has 2 heterocycles. The Bertz CT molecular complexity index is 1640. The molecule has 2 aliphatic rings. The number of benzene rings is 3. The molecule has 2 aliphatic heterocycles. The highest BCUT2D eigenvalue weighted by atomic mass is 19.3. The van der Waals surface area contributed by atoms with Crippen LogP contribution >= 0.6 is 0 Å². The van der Waals surface area contributed by atoms with E-state index >= 15 is 4.39 Å². The predicted octanol–water partition coefficient (Wildman–Crippen LogP) is 4.27. The molecule has 0 saturated carbocycles. The predicted molar refractivity (Wildman–Crippen MR) is 152 cm³/mol. The van der Waals surface area contributed by atoms with Gasteiger partial charge >= 0.3 is 5.97 Å². The average Bonchev–Trinajstić information content (AvgIpc) is 2.97. The van der Waals surface area contributed by atoms with Crippen LogP contribution < -0.4 is 15.1 Å². The maximum atomic E-state index is 15.0. The number of carbonyl (C=O) groups excluding carboxylic acids is 3. The topological polar surface area (TPSA) is 106 Å². The number of nitriles is 1. The highest BCUT2D eigenvalue weighted by molar-refractivity contribution is 6.11. The van der Waals surface area contributed by atoms with Crippen molar-refractivity contribution in [2.75, 3.05) is 48.9 Å². The van der Waals surface area contributed by atoms with Crippen molar-refractivity contribution in [3.63, 3.8) is 0 Å². The molecule has 2 fully saturated rings. The smallest absolute Gasteiger partial charge is 0.339 e. The summed E-state index contributed by atoms with van der Waals surface area (Å²) in [5, 5.41) is 12.1. The highest BCUT2D eigenvalue weighted by Gasteiger charge is 2.60. The molecule has 0 aliphatic carbocycles. The van der Waals surface area contributed by atoms with Gasteiger partial charge in [-0.05, 0) is 42.0 Å². The Morgan fingerprint density at radius 1 is 1.09 bits per heavy atom. The number of alkyl halides is 2. The number of hydrogen-bond acceptors (Lipinski definition) is 7. The summed E-state index contributed by atoms with van der Waals surface area (Å²) in [6.45, 7) is 0.434. The number of ether oxygens (including phenoxy) is 1. The first-order valence-electron chi connectivity index (χ1n) is 13.4. The lowest BCUT2D eigenvalue weighted by molar-refractivity contribution is -0.153. The van der Waals surface area contributed by atoms with Gasteiger partial charge in [0.2, 0.25) is 5.91 Å². The van der Waals surface area contributed by atoms with Crippen molar-refractivity contribution in [1.29, 1.82) is 5.26 Å². The molecule has 9 nitrogen and oxygen atoms in total. The van der Waals surface area contributed by atoms with Crippen LogP contribution in [0.3, 0.4) is 0 Å². The molecular weight excluding hydrogens is 563 g/mol. The van der Waals surface area contributed by atoms with Crippen LogP contribution in [0.4, 0.5) is 30.2 Å². The van der Waals surface area contributed by atoms with Crippen LogP contribution in [0.2, 0.25) is 0 Å². The zero-order valence-electron chi connectivity index (χ0n) is 23.7. The van der Waals surface area contributed by atoms with Gasteiger partial charge in [0.15, 0.2) is 5.54 Å². The minimum absolute atomic E-state index is 0.0271. The number of nitrogens with one attached hydrogen (secondary N) is 1. The Balaban J connectivity index is 1.50. The minimum Gasteiger partial charge on any atom is -0.465 e. The lowest BCUT2D eigenvalue weighted by Gasteiger charge is -2.58. The second-order valence-electron chi connectivity index (χ2n) is 10.6. The van der Waals surface area contributed by atoms with Gasteiger partial charge in [0.05, 0.1) is 48.8 Å². The van der Waals surface area contributed by atoms with Gasteiger partial charge in [-0.1, -0.05) is 24.3 Å². The number of carbonyl (C=O) groups is 3. The second kappa shape index (κ2) is 11.0. The number of rotatable bonds is 7. The summed E-state index contributed by atoms with van der Waals surface area (Å²) in [5.41, 5.74) is 0.401. The summed E-state index contributed by atoms with van der Waals surface area (Å²) in [6.07, 6.45) is 0. The van der Waals surface area contributed by atoms with Gasteiger partial charge in [0.1, 0.15) is 12.4 Å². The fraction of sp³-hybridized carbons (Fsp3) is 0.290. The third kappa shape index (κ3) is 5.22. The van der Waals surface area contributed by atoms with E-state index in [2.05, 4.69) is 5.32 Å². The van der Waals surface area contributed by atoms with Gasteiger partial charge < -0.3 is 19.9 Å². The zero-order valence-corrected chi connectivity index (χ0v) is 23.7.